The Hall–Kier alpha value is -6.17. The van der Waals surface area contributed by atoms with Crippen LogP contribution in [-0.2, 0) is 41.3 Å². The summed E-state index contributed by atoms with van der Waals surface area (Å²) in [6, 6.07) is -5.17. The van der Waals surface area contributed by atoms with E-state index in [1.165, 1.54) is 56.0 Å². The highest BCUT2D eigenvalue weighted by atomic mass is 32.2. The molecule has 0 aliphatic heterocycles. The van der Waals surface area contributed by atoms with Gasteiger partial charge in [-0.3, -0.25) is 33.6 Å². The summed E-state index contributed by atoms with van der Waals surface area (Å²) in [5.74, 6) is -5.59. The average molecular weight is 1000 g/mol. The van der Waals surface area contributed by atoms with Gasteiger partial charge in [-0.05, 0) is 24.7 Å². The summed E-state index contributed by atoms with van der Waals surface area (Å²) in [7, 11) is 0.310. The molecule has 17 N–H and O–H groups in total. The number of aromatic nitrogens is 6. The van der Waals surface area contributed by atoms with Crippen molar-refractivity contribution in [3.05, 3.63) is 56.8 Å². The Labute approximate surface area is 402 Å². The van der Waals surface area contributed by atoms with Crippen LogP contribution in [0.4, 0.5) is 5.82 Å². The molecule has 4 aromatic rings. The van der Waals surface area contributed by atoms with Crippen LogP contribution in [0.1, 0.15) is 81.9 Å². The Kier molecular flexibility index (Phi) is 20.7. The lowest BCUT2D eigenvalue weighted by molar-refractivity contribution is -0.133. The van der Waals surface area contributed by atoms with Gasteiger partial charge >= 0.3 is 0 Å². The standard InChI is InChI=1S/C40H58N16O9S3/c1-18-29(54-35(56-33(18)43)22(11-26(42)57)48-12-21(41)34(44)61)38(64)55-30(32(60)23-13-45-17-50-23)39(65)51-20(3)31(59)19(2)36(62)49-14-27(58)46-9-7-28-52-25(16-66-28)40-53-24(15-67-40)37(63)47-8-6-10-68(4)5/h13,15-17,19-22,30-32,48,59-60H,6-12,14,41H2,1-5H3,(H11-,42,43,44,45,46,47,49,50,51,54,55,56,57,58,61,62,63,64,65)/p+1/t19-,20+,21-,22-,30-,31-,32-/m0/s1. The number of nitrogens with one attached hydrogen (secondary N) is 7. The Morgan fingerprint density at radius 3 is 2.29 bits per heavy atom. The number of thiazole rings is 2. The molecule has 7 atom stereocenters. The van der Waals surface area contributed by atoms with E-state index in [0.717, 1.165) is 17.2 Å². The highest BCUT2D eigenvalue weighted by molar-refractivity contribution is 7.95. The lowest BCUT2D eigenvalue weighted by atomic mass is 9.97. The fourth-order valence-corrected chi connectivity index (χ4v) is 8.56. The van der Waals surface area contributed by atoms with E-state index in [9.17, 15) is 43.8 Å². The Bertz CT molecular complexity index is 2380. The van der Waals surface area contributed by atoms with Crippen molar-refractivity contribution in [1.82, 2.24) is 61.8 Å². The van der Waals surface area contributed by atoms with Crippen molar-refractivity contribution < 1.29 is 43.8 Å². The molecule has 370 valence electrons. The first-order valence-corrected chi connectivity index (χ1v) is 25.1. The quantitative estimate of drug-likeness (QED) is 0.0207. The van der Waals surface area contributed by atoms with Crippen LogP contribution in [0.3, 0.4) is 0 Å². The number of aliphatic hydroxyl groups excluding tert-OH is 2. The molecule has 0 spiro atoms. The molecule has 4 rings (SSSR count). The van der Waals surface area contributed by atoms with Gasteiger partial charge in [-0.1, -0.05) is 6.92 Å². The smallest absolute Gasteiger partial charge is 0.271 e. The number of rotatable bonds is 27. The van der Waals surface area contributed by atoms with E-state index in [1.54, 1.807) is 5.38 Å². The number of nitrogen functional groups attached to an aromatic ring is 1. The van der Waals surface area contributed by atoms with E-state index >= 15 is 0 Å². The normalized spacial score (nSPS) is 14.4. The van der Waals surface area contributed by atoms with Gasteiger partial charge in [0.15, 0.2) is 0 Å². The lowest BCUT2D eigenvalue weighted by Crippen LogP contribution is -2.56. The van der Waals surface area contributed by atoms with Gasteiger partial charge in [0.05, 0.1) is 72.4 Å². The maximum Gasteiger partial charge on any atom is 0.271 e. The summed E-state index contributed by atoms with van der Waals surface area (Å²) in [5, 5.41) is 43.0. The fourth-order valence-electron chi connectivity index (χ4n) is 6.22. The van der Waals surface area contributed by atoms with Crippen molar-refractivity contribution in [1.29, 1.82) is 0 Å². The number of aromatic amines is 1. The van der Waals surface area contributed by atoms with E-state index < -0.39 is 90.7 Å². The summed E-state index contributed by atoms with van der Waals surface area (Å²) in [4.78, 5) is 113. The molecule has 4 aromatic heterocycles. The minimum Gasteiger partial charge on any atom is -0.390 e. The van der Waals surface area contributed by atoms with Crippen LogP contribution in [0.5, 0.6) is 0 Å². The van der Waals surface area contributed by atoms with Crippen molar-refractivity contribution in [3.63, 3.8) is 0 Å². The molecule has 4 heterocycles. The fraction of sp³-hybridized carbons (Fsp3) is 0.500. The highest BCUT2D eigenvalue weighted by Gasteiger charge is 2.36. The molecule has 0 aliphatic carbocycles. The van der Waals surface area contributed by atoms with Crippen LogP contribution in [0.2, 0.25) is 0 Å². The van der Waals surface area contributed by atoms with Crippen molar-refractivity contribution >= 4 is 80.7 Å². The van der Waals surface area contributed by atoms with Gasteiger partial charge in [0, 0.05) is 55.2 Å². The summed E-state index contributed by atoms with van der Waals surface area (Å²) in [6.45, 7) is 4.34. The molecule has 0 aliphatic rings. The van der Waals surface area contributed by atoms with Crippen LogP contribution < -0.4 is 54.8 Å². The molecule has 0 fully saturated rings. The number of hydrogen-bond donors (Lipinski definition) is 13. The van der Waals surface area contributed by atoms with Gasteiger partial charge in [0.2, 0.25) is 29.5 Å². The van der Waals surface area contributed by atoms with Crippen molar-refractivity contribution in [3.8, 4) is 10.7 Å². The molecule has 0 saturated heterocycles. The maximum atomic E-state index is 13.8. The van der Waals surface area contributed by atoms with Gasteiger partial charge in [0.1, 0.15) is 51.6 Å². The molecular weight excluding hydrogens is 945 g/mol. The molecule has 25 nitrogen and oxygen atoms in total. The van der Waals surface area contributed by atoms with Gasteiger partial charge in [-0.15, -0.1) is 22.7 Å². The summed E-state index contributed by atoms with van der Waals surface area (Å²) >= 11 is 2.68. The molecule has 28 heteroatoms. The number of anilines is 1. The first-order valence-electron chi connectivity index (χ1n) is 21.1. The van der Waals surface area contributed by atoms with Crippen LogP contribution >= 0.6 is 22.7 Å². The third-order valence-electron chi connectivity index (χ3n) is 10.2. The van der Waals surface area contributed by atoms with Crippen LogP contribution in [0, 0.1) is 12.8 Å². The number of aliphatic hydroxyl groups is 2. The molecule has 68 heavy (non-hydrogen) atoms. The lowest BCUT2D eigenvalue weighted by Gasteiger charge is -2.28. The Morgan fingerprint density at radius 1 is 0.897 bits per heavy atom. The van der Waals surface area contributed by atoms with Crippen molar-refractivity contribution in [2.24, 2.45) is 23.1 Å². The molecule has 0 bridgehead atoms. The van der Waals surface area contributed by atoms with E-state index in [2.05, 4.69) is 74.3 Å². The molecular formula is C40H59N16O9S3+. The van der Waals surface area contributed by atoms with Gasteiger partial charge in [-0.25, -0.2) is 24.9 Å². The molecule has 0 aromatic carbocycles. The Morgan fingerprint density at radius 2 is 1.63 bits per heavy atom. The maximum absolute atomic E-state index is 13.8. The second kappa shape index (κ2) is 25.8. The number of imidazole rings is 1. The van der Waals surface area contributed by atoms with Gasteiger partial charge < -0.3 is 70.0 Å². The summed E-state index contributed by atoms with van der Waals surface area (Å²) in [5.41, 5.74) is 23.2. The number of hydrogen-bond acceptors (Lipinski definition) is 19. The summed E-state index contributed by atoms with van der Waals surface area (Å²) < 4.78 is 0. The average Bonchev–Trinajstić information content (AvgIpc) is 4.11. The first-order chi connectivity index (χ1) is 32.2. The second-order valence-corrected chi connectivity index (χ2v) is 20.0. The van der Waals surface area contributed by atoms with Crippen LogP contribution in [-0.4, -0.2) is 150 Å². The van der Waals surface area contributed by atoms with Crippen LogP contribution in [0.15, 0.2) is 23.3 Å². The van der Waals surface area contributed by atoms with E-state index in [4.69, 9.17) is 22.9 Å². The molecule has 0 saturated carbocycles. The van der Waals surface area contributed by atoms with E-state index in [-0.39, 0.29) is 47.6 Å². The highest BCUT2D eigenvalue weighted by Crippen LogP contribution is 2.26. The zero-order valence-electron chi connectivity index (χ0n) is 38.0. The number of carbonyl (C=O) groups is 7. The molecule has 7 amide bonds. The van der Waals surface area contributed by atoms with E-state index in [0.29, 0.717) is 40.3 Å². The van der Waals surface area contributed by atoms with Gasteiger partial charge in [0.25, 0.3) is 11.8 Å². The zero-order chi connectivity index (χ0) is 50.2. The number of nitrogens with zero attached hydrogens (tertiary/aromatic N) is 5. The number of primary amides is 2. The van der Waals surface area contributed by atoms with Crippen LogP contribution in [0.25, 0.3) is 10.7 Å². The van der Waals surface area contributed by atoms with Gasteiger partial charge in [-0.2, -0.15) is 0 Å². The number of nitrogens with two attached hydrogens (primary N) is 4. The summed E-state index contributed by atoms with van der Waals surface area (Å²) in [6.07, 6.45) is 4.38. The monoisotopic (exact) mass is 1000 g/mol. The minimum absolute atomic E-state index is 0.0247. The minimum atomic E-state index is -1.77. The first kappa shape index (κ1) is 54.4. The zero-order valence-corrected chi connectivity index (χ0v) is 40.5. The SMILES string of the molecule is Cc1c(N)nc([C@H](CC(N)=O)NC[C@H](N)C(N)=O)nc1C(=O)N[C@H](C(=O)N[C@H](C)[C@@H](O)[C@H](C)C(=O)NCC(=O)NCCc1nc(-c2nc(C(=O)NCCC[S+](C)C)cs2)cs1)[C@@H](O)c1cnc[nH]1. The third-order valence-corrected chi connectivity index (χ3v) is 13.1. The van der Waals surface area contributed by atoms with E-state index in [1.807, 2.05) is 5.38 Å². The largest absolute Gasteiger partial charge is 0.390 e. The number of H-pyrrole nitrogens is 1. The van der Waals surface area contributed by atoms with Crippen molar-refractivity contribution in [2.45, 2.75) is 76.4 Å². The predicted molar refractivity (Wildman–Crippen MR) is 254 cm³/mol. The number of carbonyl (C=O) groups excluding carboxylic acids is 7. The Balaban J connectivity index is 1.32. The molecule has 0 radical (unpaired) electrons. The second-order valence-electron chi connectivity index (χ2n) is 15.8. The third kappa shape index (κ3) is 16.0. The molecule has 0 unspecified atom stereocenters. The number of amides is 7. The predicted octanol–water partition coefficient (Wildman–Crippen LogP) is -3.20. The van der Waals surface area contributed by atoms with Crippen molar-refractivity contribution in [2.75, 3.05) is 50.2 Å². The topological polar surface area (TPSA) is 416 Å².